The second kappa shape index (κ2) is 7.21. The van der Waals surface area contributed by atoms with Gasteiger partial charge in [0.15, 0.2) is 0 Å². The zero-order valence-electron chi connectivity index (χ0n) is 12.9. The van der Waals surface area contributed by atoms with E-state index in [4.69, 9.17) is 4.74 Å². The first-order chi connectivity index (χ1) is 9.60. The predicted octanol–water partition coefficient (Wildman–Crippen LogP) is 2.95. The summed E-state index contributed by atoms with van der Waals surface area (Å²) >= 11 is 0. The van der Waals surface area contributed by atoms with E-state index in [0.29, 0.717) is 18.6 Å². The van der Waals surface area contributed by atoms with Gasteiger partial charge in [0.05, 0.1) is 18.8 Å². The van der Waals surface area contributed by atoms with Gasteiger partial charge in [0, 0.05) is 19.6 Å². The molecule has 1 fully saturated rings. The molecule has 1 heterocycles. The molecule has 0 radical (unpaired) electrons. The van der Waals surface area contributed by atoms with Crippen LogP contribution >= 0.6 is 0 Å². The molecule has 1 aliphatic heterocycles. The summed E-state index contributed by atoms with van der Waals surface area (Å²) in [6, 6.07) is 8.35. The molecule has 0 aromatic heterocycles. The van der Waals surface area contributed by atoms with Gasteiger partial charge in [-0.2, -0.15) is 0 Å². The van der Waals surface area contributed by atoms with Gasteiger partial charge in [-0.1, -0.05) is 45.0 Å². The van der Waals surface area contributed by atoms with E-state index < -0.39 is 6.10 Å². The number of nitrogens with zero attached hydrogens (tertiary/aromatic N) is 1. The second-order valence-corrected chi connectivity index (χ2v) is 6.00. The molecule has 0 saturated carbocycles. The minimum atomic E-state index is -0.410. The van der Waals surface area contributed by atoms with Crippen LogP contribution in [-0.4, -0.2) is 42.4 Å². The number of aliphatic hydroxyl groups is 1. The summed E-state index contributed by atoms with van der Waals surface area (Å²) in [7, 11) is 0. The van der Waals surface area contributed by atoms with Crippen molar-refractivity contribution in [3.8, 4) is 0 Å². The monoisotopic (exact) mass is 277 g/mol. The maximum atomic E-state index is 10.4. The Kier molecular flexibility index (Phi) is 5.58. The number of rotatable bonds is 5. The quantitative estimate of drug-likeness (QED) is 0.898. The summed E-state index contributed by atoms with van der Waals surface area (Å²) in [4.78, 5) is 2.30. The highest BCUT2D eigenvalue weighted by atomic mass is 16.5. The number of β-amino-alcohol motifs (C(OH)–C–C–N with tert-alkyl or cyclic N) is 1. The topological polar surface area (TPSA) is 32.7 Å². The molecule has 2 rings (SSSR count). The number of hydrogen-bond acceptors (Lipinski definition) is 3. The lowest BCUT2D eigenvalue weighted by atomic mass is 10.00. The van der Waals surface area contributed by atoms with Crippen molar-refractivity contribution in [3.63, 3.8) is 0 Å². The first-order valence-electron chi connectivity index (χ1n) is 7.72. The van der Waals surface area contributed by atoms with Gasteiger partial charge in [-0.25, -0.2) is 0 Å². The lowest BCUT2D eigenvalue weighted by Gasteiger charge is -2.33. The van der Waals surface area contributed by atoms with Crippen LogP contribution in [0.3, 0.4) is 0 Å². The van der Waals surface area contributed by atoms with E-state index >= 15 is 0 Å². The smallest absolute Gasteiger partial charge is 0.0916 e. The van der Waals surface area contributed by atoms with Crippen LogP contribution in [0.5, 0.6) is 0 Å². The van der Waals surface area contributed by atoms with Crippen molar-refractivity contribution in [3.05, 3.63) is 35.4 Å². The summed E-state index contributed by atoms with van der Waals surface area (Å²) in [6.45, 7) is 9.83. The summed E-state index contributed by atoms with van der Waals surface area (Å²) in [5.41, 5.74) is 2.33. The lowest BCUT2D eigenvalue weighted by molar-refractivity contribution is -0.0418. The third kappa shape index (κ3) is 4.05. The van der Waals surface area contributed by atoms with Crippen molar-refractivity contribution in [2.75, 3.05) is 26.2 Å². The third-order valence-electron chi connectivity index (χ3n) is 4.10. The Morgan fingerprint density at radius 2 is 1.90 bits per heavy atom. The average molecular weight is 277 g/mol. The number of morpholine rings is 1. The maximum absolute atomic E-state index is 10.4. The fourth-order valence-electron chi connectivity index (χ4n) is 2.65. The van der Waals surface area contributed by atoms with E-state index in [1.807, 2.05) is 0 Å². The number of aliphatic hydroxyl groups excluding tert-OH is 1. The van der Waals surface area contributed by atoms with Crippen molar-refractivity contribution in [2.24, 2.45) is 0 Å². The van der Waals surface area contributed by atoms with Crippen molar-refractivity contribution in [1.29, 1.82) is 0 Å². The summed E-state index contributed by atoms with van der Waals surface area (Å²) < 4.78 is 5.66. The summed E-state index contributed by atoms with van der Waals surface area (Å²) in [6.07, 6.45) is 0.946. The van der Waals surface area contributed by atoms with Crippen LogP contribution in [0, 0.1) is 0 Å². The molecule has 0 bridgehead atoms. The van der Waals surface area contributed by atoms with E-state index in [2.05, 4.69) is 49.9 Å². The largest absolute Gasteiger partial charge is 0.387 e. The van der Waals surface area contributed by atoms with Crippen molar-refractivity contribution in [2.45, 2.75) is 45.3 Å². The van der Waals surface area contributed by atoms with Crippen LogP contribution in [0.1, 0.15) is 50.3 Å². The molecule has 0 amide bonds. The van der Waals surface area contributed by atoms with E-state index in [1.165, 1.54) is 5.56 Å². The first-order valence-corrected chi connectivity index (χ1v) is 7.72. The Hall–Kier alpha value is -0.900. The molecule has 20 heavy (non-hydrogen) atoms. The van der Waals surface area contributed by atoms with Crippen LogP contribution in [0.25, 0.3) is 0 Å². The van der Waals surface area contributed by atoms with Gasteiger partial charge in [0.1, 0.15) is 0 Å². The van der Waals surface area contributed by atoms with Crippen molar-refractivity contribution < 1.29 is 9.84 Å². The molecule has 1 saturated heterocycles. The third-order valence-corrected chi connectivity index (χ3v) is 4.10. The highest BCUT2D eigenvalue weighted by Gasteiger charge is 2.21. The molecule has 3 nitrogen and oxygen atoms in total. The van der Waals surface area contributed by atoms with Gasteiger partial charge in [0.2, 0.25) is 0 Å². The highest BCUT2D eigenvalue weighted by molar-refractivity contribution is 5.26. The van der Waals surface area contributed by atoms with Crippen molar-refractivity contribution >= 4 is 0 Å². The van der Waals surface area contributed by atoms with Gasteiger partial charge >= 0.3 is 0 Å². The standard InChI is InChI=1S/C17H27NO2/c1-4-16-11-18(9-10-20-16)12-17(19)15-7-5-14(6-8-15)13(2)3/h5-8,13,16-17,19H,4,9-12H2,1-3H3. The van der Waals surface area contributed by atoms with Gasteiger partial charge in [-0.05, 0) is 23.5 Å². The normalized spacial score (nSPS) is 22.1. The SMILES string of the molecule is CCC1CN(CC(O)c2ccc(C(C)C)cc2)CCO1. The minimum absolute atomic E-state index is 0.319. The highest BCUT2D eigenvalue weighted by Crippen LogP contribution is 2.20. The molecule has 0 spiro atoms. The van der Waals surface area contributed by atoms with Crippen LogP contribution in [0.15, 0.2) is 24.3 Å². The van der Waals surface area contributed by atoms with Crippen LogP contribution in [-0.2, 0) is 4.74 Å². The summed E-state index contributed by atoms with van der Waals surface area (Å²) in [5.74, 6) is 0.533. The maximum Gasteiger partial charge on any atom is 0.0916 e. The Morgan fingerprint density at radius 1 is 1.25 bits per heavy atom. The first kappa shape index (κ1) is 15.5. The Balaban J connectivity index is 1.92. The molecular weight excluding hydrogens is 250 g/mol. The zero-order chi connectivity index (χ0) is 14.5. The molecule has 1 aromatic carbocycles. The van der Waals surface area contributed by atoms with Crippen LogP contribution < -0.4 is 0 Å². The minimum Gasteiger partial charge on any atom is -0.387 e. The van der Waals surface area contributed by atoms with Gasteiger partial charge in [0.25, 0.3) is 0 Å². The van der Waals surface area contributed by atoms with Gasteiger partial charge in [-0.15, -0.1) is 0 Å². The number of benzene rings is 1. The van der Waals surface area contributed by atoms with Crippen LogP contribution in [0.2, 0.25) is 0 Å². The molecule has 1 aromatic rings. The molecule has 0 aliphatic carbocycles. The van der Waals surface area contributed by atoms with Crippen molar-refractivity contribution in [1.82, 2.24) is 4.90 Å². The molecule has 3 heteroatoms. The summed E-state index contributed by atoms with van der Waals surface area (Å²) in [5, 5.41) is 10.4. The van der Waals surface area contributed by atoms with E-state index in [0.717, 1.165) is 31.7 Å². The number of hydrogen-bond donors (Lipinski definition) is 1. The van der Waals surface area contributed by atoms with E-state index in [1.54, 1.807) is 0 Å². The fraction of sp³-hybridized carbons (Fsp3) is 0.647. The molecule has 112 valence electrons. The van der Waals surface area contributed by atoms with E-state index in [9.17, 15) is 5.11 Å². The Morgan fingerprint density at radius 3 is 2.50 bits per heavy atom. The molecule has 2 atom stereocenters. The second-order valence-electron chi connectivity index (χ2n) is 6.00. The zero-order valence-corrected chi connectivity index (χ0v) is 12.9. The Labute approximate surface area is 122 Å². The molecule has 1 N–H and O–H groups in total. The lowest BCUT2D eigenvalue weighted by Crippen LogP contribution is -2.43. The average Bonchev–Trinajstić information content (AvgIpc) is 2.47. The molecular formula is C17H27NO2. The van der Waals surface area contributed by atoms with E-state index in [-0.39, 0.29) is 0 Å². The van der Waals surface area contributed by atoms with Gasteiger partial charge in [-0.3, -0.25) is 4.90 Å². The molecule has 2 unspecified atom stereocenters. The van der Waals surface area contributed by atoms with Crippen LogP contribution in [0.4, 0.5) is 0 Å². The Bertz CT molecular complexity index is 402. The van der Waals surface area contributed by atoms with Gasteiger partial charge < -0.3 is 9.84 Å². The number of ether oxygens (including phenoxy) is 1. The fourth-order valence-corrected chi connectivity index (χ4v) is 2.65. The molecule has 1 aliphatic rings. The predicted molar refractivity (Wildman–Crippen MR) is 82.0 cm³/mol.